The Hall–Kier alpha value is -2.41. The molecule has 10 nitrogen and oxygen atoms in total. The van der Waals surface area contributed by atoms with Crippen LogP contribution >= 0.6 is 0 Å². The molecule has 2 saturated heterocycles. The van der Waals surface area contributed by atoms with Crippen molar-refractivity contribution in [1.29, 1.82) is 0 Å². The molecule has 0 aliphatic carbocycles. The van der Waals surface area contributed by atoms with Crippen LogP contribution in [0.3, 0.4) is 0 Å². The molecule has 2 aliphatic heterocycles. The fraction of sp³-hybridized carbons (Fsp3) is 0.476. The van der Waals surface area contributed by atoms with Crippen molar-refractivity contribution < 1.29 is 30.8 Å². The number of sulfonamides is 2. The zero-order chi connectivity index (χ0) is 23.6. The second-order valence-corrected chi connectivity index (χ2v) is 11.7. The molecule has 12 heteroatoms. The number of benzene rings is 1. The van der Waals surface area contributed by atoms with Crippen molar-refractivity contribution in [3.63, 3.8) is 0 Å². The molecule has 0 spiro atoms. The summed E-state index contributed by atoms with van der Waals surface area (Å²) in [5.74, 6) is -0.199. The number of amides is 1. The van der Waals surface area contributed by atoms with Crippen LogP contribution in [-0.2, 0) is 24.8 Å². The van der Waals surface area contributed by atoms with Gasteiger partial charge < -0.3 is 9.15 Å². The quantitative estimate of drug-likeness (QED) is 0.586. The molecular formula is C21H27N3O7S2. The lowest BCUT2D eigenvalue weighted by Gasteiger charge is -2.33. The Labute approximate surface area is 193 Å². The molecule has 1 atom stereocenters. The molecule has 2 fully saturated rings. The number of piperidine rings is 1. The maximum Gasteiger partial charge on any atom is 0.244 e. The molecule has 3 heterocycles. The molecule has 0 radical (unpaired) electrons. The zero-order valence-electron chi connectivity index (χ0n) is 18.3. The Balaban J connectivity index is 1.62. The lowest BCUT2D eigenvalue weighted by molar-refractivity contribution is -0.116. The van der Waals surface area contributed by atoms with E-state index in [0.717, 1.165) is 38.4 Å². The van der Waals surface area contributed by atoms with Gasteiger partial charge in [-0.1, -0.05) is 6.42 Å². The minimum atomic E-state index is -4.11. The SMILES string of the molecule is COc1ccc(N2C(=O)CCS2(=O)=O)cc1S(=O)(=O)NCC(c1ccco1)N1CCCCC1. The average molecular weight is 498 g/mol. The number of furan rings is 1. The van der Waals surface area contributed by atoms with E-state index in [-0.39, 0.29) is 41.1 Å². The van der Waals surface area contributed by atoms with Gasteiger partial charge in [0.1, 0.15) is 16.4 Å². The van der Waals surface area contributed by atoms with Crippen LogP contribution in [0.5, 0.6) is 5.75 Å². The van der Waals surface area contributed by atoms with Crippen LogP contribution in [0, 0.1) is 0 Å². The lowest BCUT2D eigenvalue weighted by atomic mass is 10.1. The molecule has 33 heavy (non-hydrogen) atoms. The van der Waals surface area contributed by atoms with Crippen molar-refractivity contribution in [3.05, 3.63) is 42.4 Å². The summed E-state index contributed by atoms with van der Waals surface area (Å²) < 4.78 is 65.3. The third-order valence-corrected chi connectivity index (χ3v) is 9.06. The largest absolute Gasteiger partial charge is 0.495 e. The van der Waals surface area contributed by atoms with Crippen molar-refractivity contribution >= 4 is 31.6 Å². The van der Waals surface area contributed by atoms with Gasteiger partial charge >= 0.3 is 0 Å². The van der Waals surface area contributed by atoms with Gasteiger partial charge in [-0.3, -0.25) is 9.69 Å². The predicted octanol–water partition coefficient (Wildman–Crippen LogP) is 1.86. The van der Waals surface area contributed by atoms with Crippen LogP contribution in [0.25, 0.3) is 0 Å². The molecule has 0 saturated carbocycles. The smallest absolute Gasteiger partial charge is 0.244 e. The van der Waals surface area contributed by atoms with Gasteiger partial charge in [-0.25, -0.2) is 25.9 Å². The first-order chi connectivity index (χ1) is 15.7. The number of carbonyl (C=O) groups is 1. The van der Waals surface area contributed by atoms with Gasteiger partial charge in [-0.05, 0) is 56.3 Å². The van der Waals surface area contributed by atoms with E-state index < -0.39 is 26.0 Å². The van der Waals surface area contributed by atoms with E-state index in [2.05, 4.69) is 9.62 Å². The Morgan fingerprint density at radius 2 is 1.94 bits per heavy atom. The zero-order valence-corrected chi connectivity index (χ0v) is 19.9. The van der Waals surface area contributed by atoms with Gasteiger partial charge in [-0.2, -0.15) is 0 Å². The number of hydrogen-bond acceptors (Lipinski definition) is 8. The van der Waals surface area contributed by atoms with Crippen LogP contribution in [0.4, 0.5) is 5.69 Å². The predicted molar refractivity (Wildman–Crippen MR) is 121 cm³/mol. The molecular weight excluding hydrogens is 470 g/mol. The highest BCUT2D eigenvalue weighted by Gasteiger charge is 2.37. The molecule has 180 valence electrons. The molecule has 0 bridgehead atoms. The molecule has 1 N–H and O–H groups in total. The Kier molecular flexibility index (Phi) is 6.80. The molecule has 1 amide bonds. The minimum Gasteiger partial charge on any atom is -0.495 e. The van der Waals surface area contributed by atoms with Gasteiger partial charge in [0, 0.05) is 13.0 Å². The average Bonchev–Trinajstić information content (AvgIpc) is 3.42. The summed E-state index contributed by atoms with van der Waals surface area (Å²) >= 11 is 0. The van der Waals surface area contributed by atoms with Gasteiger partial charge in [0.2, 0.25) is 26.0 Å². The summed E-state index contributed by atoms with van der Waals surface area (Å²) in [6.07, 6.45) is 4.60. The number of hydrogen-bond donors (Lipinski definition) is 1. The van der Waals surface area contributed by atoms with E-state index in [1.165, 1.54) is 19.2 Å². The summed E-state index contributed by atoms with van der Waals surface area (Å²) in [5.41, 5.74) is -0.0303. The monoisotopic (exact) mass is 497 g/mol. The van der Waals surface area contributed by atoms with Crippen molar-refractivity contribution in [2.75, 3.05) is 36.8 Å². The topological polar surface area (TPSA) is 126 Å². The maximum absolute atomic E-state index is 13.3. The first-order valence-electron chi connectivity index (χ1n) is 10.7. The van der Waals surface area contributed by atoms with Crippen molar-refractivity contribution in [1.82, 2.24) is 9.62 Å². The Bertz CT molecular complexity index is 1200. The second kappa shape index (κ2) is 9.45. The maximum atomic E-state index is 13.3. The fourth-order valence-electron chi connectivity index (χ4n) is 4.26. The normalized spacial score (nSPS) is 20.2. The second-order valence-electron chi connectivity index (χ2n) is 8.04. The number of ether oxygens (including phenoxy) is 1. The van der Waals surface area contributed by atoms with Gasteiger partial charge in [-0.15, -0.1) is 0 Å². The Morgan fingerprint density at radius 1 is 1.18 bits per heavy atom. The van der Waals surface area contributed by atoms with Crippen LogP contribution in [-0.4, -0.2) is 60.1 Å². The van der Waals surface area contributed by atoms with Crippen LogP contribution in [0.15, 0.2) is 45.9 Å². The lowest BCUT2D eigenvalue weighted by Crippen LogP contribution is -2.40. The van der Waals surface area contributed by atoms with Crippen LogP contribution in [0.2, 0.25) is 0 Å². The van der Waals surface area contributed by atoms with E-state index in [1.807, 2.05) is 6.07 Å². The number of likely N-dealkylation sites (tertiary alicyclic amines) is 1. The summed E-state index contributed by atoms with van der Waals surface area (Å²) in [6, 6.07) is 7.16. The molecule has 1 aromatic heterocycles. The fourth-order valence-corrected chi connectivity index (χ4v) is 6.93. The van der Waals surface area contributed by atoms with Gasteiger partial charge in [0.25, 0.3) is 0 Å². The third kappa shape index (κ3) is 4.93. The van der Waals surface area contributed by atoms with Crippen molar-refractivity contribution in [2.24, 2.45) is 0 Å². The number of methoxy groups -OCH3 is 1. The Morgan fingerprint density at radius 3 is 2.55 bits per heavy atom. The van der Waals surface area contributed by atoms with Gasteiger partial charge in [0.05, 0.1) is 30.9 Å². The van der Waals surface area contributed by atoms with Crippen LogP contribution in [0.1, 0.15) is 37.5 Å². The molecule has 2 aliphatic rings. The van der Waals surface area contributed by atoms with E-state index in [9.17, 15) is 21.6 Å². The highest BCUT2D eigenvalue weighted by Crippen LogP contribution is 2.33. The first-order valence-corrected chi connectivity index (χ1v) is 13.8. The number of rotatable bonds is 8. The van der Waals surface area contributed by atoms with E-state index in [4.69, 9.17) is 9.15 Å². The summed E-state index contributed by atoms with van der Waals surface area (Å²) in [6.45, 7) is 1.73. The van der Waals surface area contributed by atoms with Crippen LogP contribution < -0.4 is 13.8 Å². The standard InChI is InChI=1S/C21H27N3O7S2/c1-30-19-8-7-16(24-21(25)9-13-32(24,26)27)14-20(19)33(28,29)22-15-17(18-6-5-12-31-18)23-10-3-2-4-11-23/h5-8,12,14,17,22H,2-4,9-11,13,15H2,1H3. The van der Waals surface area contributed by atoms with E-state index >= 15 is 0 Å². The number of nitrogens with one attached hydrogen (secondary N) is 1. The molecule has 1 unspecified atom stereocenters. The molecule has 1 aromatic carbocycles. The minimum absolute atomic E-state index is 0.0303. The van der Waals surface area contributed by atoms with E-state index in [0.29, 0.717) is 10.1 Å². The number of carbonyl (C=O) groups excluding carboxylic acids is 1. The molecule has 2 aromatic rings. The third-order valence-electron chi connectivity index (χ3n) is 5.92. The van der Waals surface area contributed by atoms with Crippen molar-refractivity contribution in [3.8, 4) is 5.75 Å². The number of anilines is 1. The first kappa shape index (κ1) is 23.7. The highest BCUT2D eigenvalue weighted by molar-refractivity contribution is 7.94. The highest BCUT2D eigenvalue weighted by atomic mass is 32.2. The van der Waals surface area contributed by atoms with Gasteiger partial charge in [0.15, 0.2) is 0 Å². The van der Waals surface area contributed by atoms with E-state index in [1.54, 1.807) is 12.3 Å². The summed E-state index contributed by atoms with van der Waals surface area (Å²) in [5, 5.41) is 0. The number of nitrogens with zero attached hydrogens (tertiary/aromatic N) is 2. The molecule has 4 rings (SSSR count). The summed E-state index contributed by atoms with van der Waals surface area (Å²) in [4.78, 5) is 14.1. The van der Waals surface area contributed by atoms with Crippen molar-refractivity contribution in [2.45, 2.75) is 36.6 Å². The summed E-state index contributed by atoms with van der Waals surface area (Å²) in [7, 11) is -6.62.